The quantitative estimate of drug-likeness (QED) is 0.727. The molecule has 0 N–H and O–H groups in total. The van der Waals surface area contributed by atoms with Gasteiger partial charge in [0.1, 0.15) is 0 Å². The first-order valence-electron chi connectivity index (χ1n) is 4.70. The minimum Gasteiger partial charge on any atom is -0.298 e. The second-order valence-corrected chi connectivity index (χ2v) is 4.61. The normalized spacial score (nSPS) is 22.9. The lowest BCUT2D eigenvalue weighted by Crippen LogP contribution is -2.20. The van der Waals surface area contributed by atoms with E-state index in [9.17, 15) is 0 Å². The van der Waals surface area contributed by atoms with Crippen molar-refractivity contribution in [3.05, 3.63) is 29.0 Å². The van der Waals surface area contributed by atoms with Crippen LogP contribution in [0.2, 0.25) is 5.02 Å². The number of aromatic nitrogens is 1. The zero-order valence-corrected chi connectivity index (χ0v) is 9.30. The van der Waals surface area contributed by atoms with Crippen molar-refractivity contribution < 1.29 is 0 Å². The van der Waals surface area contributed by atoms with Crippen LogP contribution in [0.25, 0.3) is 0 Å². The Morgan fingerprint density at radius 2 is 2.43 bits per heavy atom. The lowest BCUT2D eigenvalue weighted by molar-refractivity contribution is 0.332. The van der Waals surface area contributed by atoms with Crippen molar-refractivity contribution in [1.82, 2.24) is 9.88 Å². The van der Waals surface area contributed by atoms with Gasteiger partial charge in [0, 0.05) is 30.9 Å². The Bertz CT molecular complexity index is 317. The summed E-state index contributed by atoms with van der Waals surface area (Å²) in [7, 11) is 0. The van der Waals surface area contributed by atoms with Gasteiger partial charge in [-0.25, -0.2) is 0 Å². The van der Waals surface area contributed by atoms with Gasteiger partial charge < -0.3 is 0 Å². The molecule has 0 bridgehead atoms. The molecule has 14 heavy (non-hydrogen) atoms. The Balaban J connectivity index is 2.01. The summed E-state index contributed by atoms with van der Waals surface area (Å²) in [6.07, 6.45) is 4.53. The maximum atomic E-state index is 6.03. The van der Waals surface area contributed by atoms with E-state index in [0.29, 0.717) is 5.38 Å². The van der Waals surface area contributed by atoms with E-state index in [1.165, 1.54) is 0 Å². The van der Waals surface area contributed by atoms with Gasteiger partial charge >= 0.3 is 0 Å². The summed E-state index contributed by atoms with van der Waals surface area (Å²) in [5.74, 6) is 0. The smallest absolute Gasteiger partial charge is 0.0634 e. The van der Waals surface area contributed by atoms with Crippen molar-refractivity contribution in [2.45, 2.75) is 18.3 Å². The fraction of sp³-hybridized carbons (Fsp3) is 0.500. The third-order valence-electron chi connectivity index (χ3n) is 2.47. The Hall–Kier alpha value is -0.310. The van der Waals surface area contributed by atoms with Crippen LogP contribution in [0.15, 0.2) is 18.5 Å². The van der Waals surface area contributed by atoms with Gasteiger partial charge in [-0.05, 0) is 24.6 Å². The second kappa shape index (κ2) is 4.47. The van der Waals surface area contributed by atoms with E-state index in [0.717, 1.165) is 36.6 Å². The minimum absolute atomic E-state index is 0.301. The van der Waals surface area contributed by atoms with Crippen molar-refractivity contribution >= 4 is 23.2 Å². The Labute approximate surface area is 93.8 Å². The maximum absolute atomic E-state index is 6.03. The van der Waals surface area contributed by atoms with Crippen molar-refractivity contribution in [2.24, 2.45) is 0 Å². The first-order valence-corrected chi connectivity index (χ1v) is 5.52. The summed E-state index contributed by atoms with van der Waals surface area (Å²) in [6, 6.07) is 1.96. The second-order valence-electron chi connectivity index (χ2n) is 3.59. The van der Waals surface area contributed by atoms with E-state index in [-0.39, 0.29) is 0 Å². The highest BCUT2D eigenvalue weighted by molar-refractivity contribution is 6.31. The van der Waals surface area contributed by atoms with E-state index in [1.54, 1.807) is 12.4 Å². The van der Waals surface area contributed by atoms with E-state index in [1.807, 2.05) is 6.07 Å². The molecule has 0 saturated carbocycles. The average Bonchev–Trinajstić information content (AvgIpc) is 2.56. The van der Waals surface area contributed by atoms with Crippen molar-refractivity contribution in [1.29, 1.82) is 0 Å². The molecular formula is C10H12Cl2N2. The monoisotopic (exact) mass is 230 g/mol. The van der Waals surface area contributed by atoms with Gasteiger partial charge in [-0.1, -0.05) is 11.6 Å². The van der Waals surface area contributed by atoms with Crippen molar-refractivity contribution in [3.63, 3.8) is 0 Å². The van der Waals surface area contributed by atoms with Crippen LogP contribution in [-0.2, 0) is 6.54 Å². The van der Waals surface area contributed by atoms with E-state index < -0.39 is 0 Å². The summed E-state index contributed by atoms with van der Waals surface area (Å²) >= 11 is 12.0. The SMILES string of the molecule is Clc1cnccc1CN1CCC(Cl)C1. The average molecular weight is 231 g/mol. The number of nitrogens with zero attached hydrogens (tertiary/aromatic N) is 2. The maximum Gasteiger partial charge on any atom is 0.0634 e. The molecule has 0 amide bonds. The zero-order chi connectivity index (χ0) is 9.97. The lowest BCUT2D eigenvalue weighted by atomic mass is 10.2. The van der Waals surface area contributed by atoms with Crippen LogP contribution in [0.5, 0.6) is 0 Å². The number of hydrogen-bond donors (Lipinski definition) is 0. The largest absolute Gasteiger partial charge is 0.298 e. The lowest BCUT2D eigenvalue weighted by Gasteiger charge is -2.15. The molecule has 0 aromatic carbocycles. The Morgan fingerprint density at radius 3 is 3.07 bits per heavy atom. The number of halogens is 2. The van der Waals surface area contributed by atoms with Crippen LogP contribution < -0.4 is 0 Å². The molecule has 1 atom stereocenters. The number of pyridine rings is 1. The molecule has 1 saturated heterocycles. The fourth-order valence-electron chi connectivity index (χ4n) is 1.70. The summed E-state index contributed by atoms with van der Waals surface area (Å²) in [6.45, 7) is 2.90. The van der Waals surface area contributed by atoms with Gasteiger partial charge in [0.25, 0.3) is 0 Å². The number of rotatable bonds is 2. The molecule has 0 radical (unpaired) electrons. The van der Waals surface area contributed by atoms with Crippen LogP contribution in [0.3, 0.4) is 0 Å². The van der Waals surface area contributed by atoms with Crippen molar-refractivity contribution in [2.75, 3.05) is 13.1 Å². The minimum atomic E-state index is 0.301. The van der Waals surface area contributed by atoms with Crippen LogP contribution in [0.1, 0.15) is 12.0 Å². The van der Waals surface area contributed by atoms with E-state index >= 15 is 0 Å². The molecule has 2 heterocycles. The van der Waals surface area contributed by atoms with Crippen LogP contribution in [-0.4, -0.2) is 28.4 Å². The molecule has 0 spiro atoms. The van der Waals surface area contributed by atoms with Gasteiger partial charge in [-0.3, -0.25) is 9.88 Å². The highest BCUT2D eigenvalue weighted by atomic mass is 35.5. The first kappa shape index (κ1) is 10.2. The standard InChI is InChI=1S/C10H12Cl2N2/c11-9-2-4-14(7-9)6-8-1-3-13-5-10(8)12/h1,3,5,9H,2,4,6-7H2. The summed E-state index contributed by atoms with van der Waals surface area (Å²) < 4.78 is 0. The van der Waals surface area contributed by atoms with Crippen LogP contribution in [0.4, 0.5) is 0 Å². The van der Waals surface area contributed by atoms with Crippen molar-refractivity contribution in [3.8, 4) is 0 Å². The molecule has 0 aliphatic carbocycles. The topological polar surface area (TPSA) is 16.1 Å². The molecule has 76 valence electrons. The van der Waals surface area contributed by atoms with Gasteiger partial charge in [0.2, 0.25) is 0 Å². The molecular weight excluding hydrogens is 219 g/mol. The predicted molar refractivity (Wildman–Crippen MR) is 58.8 cm³/mol. The molecule has 1 fully saturated rings. The summed E-state index contributed by atoms with van der Waals surface area (Å²) in [5, 5.41) is 1.04. The molecule has 1 aromatic rings. The van der Waals surface area contributed by atoms with Gasteiger partial charge in [-0.15, -0.1) is 11.6 Å². The molecule has 1 unspecified atom stereocenters. The molecule has 4 heteroatoms. The molecule has 1 aliphatic heterocycles. The third-order valence-corrected chi connectivity index (χ3v) is 3.16. The Morgan fingerprint density at radius 1 is 1.57 bits per heavy atom. The predicted octanol–water partition coefficient (Wildman–Crippen LogP) is 2.55. The molecule has 1 aromatic heterocycles. The number of hydrogen-bond acceptors (Lipinski definition) is 2. The van der Waals surface area contributed by atoms with Gasteiger partial charge in [0.15, 0.2) is 0 Å². The Kier molecular flexibility index (Phi) is 3.26. The van der Waals surface area contributed by atoms with Crippen LogP contribution >= 0.6 is 23.2 Å². The van der Waals surface area contributed by atoms with Gasteiger partial charge in [0.05, 0.1) is 5.02 Å². The third kappa shape index (κ3) is 2.38. The number of likely N-dealkylation sites (tertiary alicyclic amines) is 1. The fourth-order valence-corrected chi connectivity index (χ4v) is 2.17. The van der Waals surface area contributed by atoms with Crippen LogP contribution in [0, 0.1) is 0 Å². The molecule has 2 rings (SSSR count). The molecule has 1 aliphatic rings. The highest BCUT2D eigenvalue weighted by Crippen LogP contribution is 2.20. The summed E-state index contributed by atoms with van der Waals surface area (Å²) in [4.78, 5) is 6.28. The summed E-state index contributed by atoms with van der Waals surface area (Å²) in [5.41, 5.74) is 1.13. The van der Waals surface area contributed by atoms with E-state index in [4.69, 9.17) is 23.2 Å². The first-order chi connectivity index (χ1) is 6.75. The van der Waals surface area contributed by atoms with E-state index in [2.05, 4.69) is 9.88 Å². The zero-order valence-electron chi connectivity index (χ0n) is 7.79. The van der Waals surface area contributed by atoms with Gasteiger partial charge in [-0.2, -0.15) is 0 Å². The number of alkyl halides is 1. The highest BCUT2D eigenvalue weighted by Gasteiger charge is 2.20. The molecule has 2 nitrogen and oxygen atoms in total.